The Bertz CT molecular complexity index is 2540. The summed E-state index contributed by atoms with van der Waals surface area (Å²) in [6, 6.07) is 62.4. The van der Waals surface area contributed by atoms with Gasteiger partial charge in [-0.05, 0) is 118 Å². The van der Waals surface area contributed by atoms with Crippen LogP contribution >= 0.6 is 0 Å². The van der Waals surface area contributed by atoms with Crippen molar-refractivity contribution in [3.05, 3.63) is 170 Å². The van der Waals surface area contributed by atoms with Crippen LogP contribution in [0.5, 0.6) is 0 Å². The third kappa shape index (κ3) is 4.07. The van der Waals surface area contributed by atoms with Crippen molar-refractivity contribution in [1.82, 2.24) is 0 Å². The van der Waals surface area contributed by atoms with Crippen molar-refractivity contribution in [2.24, 2.45) is 0 Å². The van der Waals surface area contributed by atoms with Gasteiger partial charge in [-0.3, -0.25) is 0 Å². The highest BCUT2D eigenvalue weighted by Crippen LogP contribution is 2.39. The first-order valence-corrected chi connectivity index (χ1v) is 15.3. The smallest absolute Gasteiger partial charge is 0.00264 e. The Morgan fingerprint density at radius 1 is 0.227 bits per heavy atom. The van der Waals surface area contributed by atoms with Crippen LogP contribution in [-0.2, 0) is 0 Å². The Balaban J connectivity index is 1.13. The molecule has 0 aliphatic heterocycles. The molecule has 0 N–H and O–H groups in total. The highest BCUT2D eigenvalue weighted by atomic mass is 14.2. The van der Waals surface area contributed by atoms with Crippen molar-refractivity contribution < 1.29 is 0 Å². The van der Waals surface area contributed by atoms with Gasteiger partial charge in [-0.25, -0.2) is 0 Å². The molecule has 9 rings (SSSR count). The summed E-state index contributed by atoms with van der Waals surface area (Å²) in [4.78, 5) is 0. The SMILES string of the molecule is c1ccc(-c2cc3ccc4cc(-c5ccc6cc(-c7ccc8ccccc8c7)ccc6c5)ccc4c3c3ccccc23)cc1. The predicted molar refractivity (Wildman–Crippen MR) is 190 cm³/mol. The van der Waals surface area contributed by atoms with E-state index in [1.54, 1.807) is 0 Å². The molecule has 9 aromatic rings. The van der Waals surface area contributed by atoms with Gasteiger partial charge in [0.1, 0.15) is 0 Å². The minimum atomic E-state index is 1.24. The van der Waals surface area contributed by atoms with Crippen molar-refractivity contribution in [3.8, 4) is 33.4 Å². The second-order valence-corrected chi connectivity index (χ2v) is 11.8. The van der Waals surface area contributed by atoms with Gasteiger partial charge in [-0.15, -0.1) is 0 Å². The molecule has 9 aromatic carbocycles. The third-order valence-electron chi connectivity index (χ3n) is 9.18. The predicted octanol–water partition coefficient (Wildman–Crippen LogP) is 12.5. The van der Waals surface area contributed by atoms with Crippen LogP contribution in [0.1, 0.15) is 0 Å². The van der Waals surface area contributed by atoms with Gasteiger partial charge in [0.25, 0.3) is 0 Å². The second-order valence-electron chi connectivity index (χ2n) is 11.8. The van der Waals surface area contributed by atoms with Gasteiger partial charge in [0, 0.05) is 0 Å². The molecule has 0 saturated heterocycles. The van der Waals surface area contributed by atoms with E-state index >= 15 is 0 Å². The molecule has 0 atom stereocenters. The lowest BCUT2D eigenvalue weighted by molar-refractivity contribution is 1.65. The molecule has 0 saturated carbocycles. The topological polar surface area (TPSA) is 0 Å². The van der Waals surface area contributed by atoms with E-state index in [0.717, 1.165) is 0 Å². The summed E-state index contributed by atoms with van der Waals surface area (Å²) in [7, 11) is 0. The summed E-state index contributed by atoms with van der Waals surface area (Å²) in [6.07, 6.45) is 0. The number of fused-ring (bicyclic) bond motifs is 7. The molecule has 0 unspecified atom stereocenters. The van der Waals surface area contributed by atoms with Gasteiger partial charge in [0.15, 0.2) is 0 Å². The minimum Gasteiger partial charge on any atom is -0.0622 e. The molecular formula is C44H28. The van der Waals surface area contributed by atoms with Crippen LogP contribution < -0.4 is 0 Å². The van der Waals surface area contributed by atoms with Crippen LogP contribution in [0, 0.1) is 0 Å². The van der Waals surface area contributed by atoms with E-state index in [1.165, 1.54) is 87.2 Å². The Kier molecular flexibility index (Phi) is 5.61. The maximum absolute atomic E-state index is 2.36. The molecular weight excluding hydrogens is 528 g/mol. The fourth-order valence-electron chi connectivity index (χ4n) is 6.95. The fourth-order valence-corrected chi connectivity index (χ4v) is 6.95. The largest absolute Gasteiger partial charge is 0.0622 e. The van der Waals surface area contributed by atoms with Gasteiger partial charge >= 0.3 is 0 Å². The molecule has 0 aliphatic rings. The van der Waals surface area contributed by atoms with E-state index in [9.17, 15) is 0 Å². The van der Waals surface area contributed by atoms with Crippen LogP contribution in [0.15, 0.2) is 170 Å². The molecule has 0 amide bonds. The number of hydrogen-bond acceptors (Lipinski definition) is 0. The van der Waals surface area contributed by atoms with E-state index in [2.05, 4.69) is 170 Å². The van der Waals surface area contributed by atoms with E-state index in [0.29, 0.717) is 0 Å². The van der Waals surface area contributed by atoms with Crippen LogP contribution in [0.3, 0.4) is 0 Å². The van der Waals surface area contributed by atoms with Gasteiger partial charge in [0.05, 0.1) is 0 Å². The maximum Gasteiger partial charge on any atom is -0.00264 e. The molecule has 0 aromatic heterocycles. The van der Waals surface area contributed by atoms with Crippen molar-refractivity contribution in [2.75, 3.05) is 0 Å². The Morgan fingerprint density at radius 2 is 0.705 bits per heavy atom. The van der Waals surface area contributed by atoms with E-state index in [4.69, 9.17) is 0 Å². The zero-order valence-corrected chi connectivity index (χ0v) is 24.2. The number of benzene rings is 9. The highest BCUT2D eigenvalue weighted by molar-refractivity contribution is 6.23. The monoisotopic (exact) mass is 556 g/mol. The summed E-state index contributed by atoms with van der Waals surface area (Å²) in [5.41, 5.74) is 7.51. The normalized spacial score (nSPS) is 11.6. The van der Waals surface area contributed by atoms with Gasteiger partial charge in [-0.2, -0.15) is 0 Å². The maximum atomic E-state index is 2.36. The Labute approximate surface area is 256 Å². The van der Waals surface area contributed by atoms with Crippen molar-refractivity contribution in [2.45, 2.75) is 0 Å². The lowest BCUT2D eigenvalue weighted by Crippen LogP contribution is -1.87. The first-order valence-electron chi connectivity index (χ1n) is 15.3. The van der Waals surface area contributed by atoms with Crippen molar-refractivity contribution in [3.63, 3.8) is 0 Å². The van der Waals surface area contributed by atoms with E-state index in [-0.39, 0.29) is 0 Å². The molecule has 204 valence electrons. The molecule has 44 heavy (non-hydrogen) atoms. The van der Waals surface area contributed by atoms with Gasteiger partial charge in [-0.1, -0.05) is 140 Å². The molecule has 0 bridgehead atoms. The zero-order valence-electron chi connectivity index (χ0n) is 24.2. The summed E-state index contributed by atoms with van der Waals surface area (Å²) >= 11 is 0. The molecule has 0 spiro atoms. The van der Waals surface area contributed by atoms with E-state index in [1.807, 2.05) is 0 Å². The average Bonchev–Trinajstić information content (AvgIpc) is 3.10. The summed E-state index contributed by atoms with van der Waals surface area (Å²) < 4.78 is 0. The highest BCUT2D eigenvalue weighted by Gasteiger charge is 2.12. The molecule has 0 aliphatic carbocycles. The second kappa shape index (κ2) is 9.93. The van der Waals surface area contributed by atoms with Crippen LogP contribution in [0.4, 0.5) is 0 Å². The van der Waals surface area contributed by atoms with Gasteiger partial charge in [0.2, 0.25) is 0 Å². The van der Waals surface area contributed by atoms with E-state index < -0.39 is 0 Å². The van der Waals surface area contributed by atoms with Crippen molar-refractivity contribution in [1.29, 1.82) is 0 Å². The third-order valence-corrected chi connectivity index (χ3v) is 9.18. The minimum absolute atomic E-state index is 1.24. The lowest BCUT2D eigenvalue weighted by atomic mass is 9.90. The lowest BCUT2D eigenvalue weighted by Gasteiger charge is -2.14. The fraction of sp³-hybridized carbons (Fsp3) is 0. The molecule has 0 heteroatoms. The Hall–Kier alpha value is -5.72. The Morgan fingerprint density at radius 3 is 1.41 bits per heavy atom. The van der Waals surface area contributed by atoms with Crippen LogP contribution in [-0.4, -0.2) is 0 Å². The van der Waals surface area contributed by atoms with Crippen LogP contribution in [0.2, 0.25) is 0 Å². The summed E-state index contributed by atoms with van der Waals surface area (Å²) in [5.74, 6) is 0. The van der Waals surface area contributed by atoms with Crippen molar-refractivity contribution >= 4 is 53.9 Å². The number of hydrogen-bond donors (Lipinski definition) is 0. The standard InChI is InChI=1S/C44H28/c1-2-9-30(10-3-1)43-28-39-21-20-38-27-37(22-23-40(38)44(39)42-13-7-6-12-41(42)43)36-19-18-34-25-33(16-17-35(34)26-36)32-15-14-29-8-4-5-11-31(29)24-32/h1-28H. The number of rotatable bonds is 3. The average molecular weight is 557 g/mol. The zero-order chi connectivity index (χ0) is 29.0. The molecule has 0 radical (unpaired) electrons. The first kappa shape index (κ1) is 24.8. The summed E-state index contributed by atoms with van der Waals surface area (Å²) in [6.45, 7) is 0. The molecule has 0 fully saturated rings. The van der Waals surface area contributed by atoms with Gasteiger partial charge < -0.3 is 0 Å². The molecule has 0 heterocycles. The first-order chi connectivity index (χ1) is 21.8. The van der Waals surface area contributed by atoms with Crippen LogP contribution in [0.25, 0.3) is 87.2 Å². The molecule has 0 nitrogen and oxygen atoms in total. The quantitative estimate of drug-likeness (QED) is 0.190. The summed E-state index contributed by atoms with van der Waals surface area (Å²) in [5, 5.41) is 12.8.